The lowest BCUT2D eigenvalue weighted by atomic mass is 10.0. The van der Waals surface area contributed by atoms with Crippen molar-refractivity contribution in [1.29, 1.82) is 0 Å². The van der Waals surface area contributed by atoms with Gasteiger partial charge in [0.1, 0.15) is 0 Å². The van der Waals surface area contributed by atoms with E-state index in [9.17, 15) is 0 Å². The third kappa shape index (κ3) is 3.34. The highest BCUT2D eigenvalue weighted by Gasteiger charge is 2.26. The van der Waals surface area contributed by atoms with Gasteiger partial charge in [-0.25, -0.2) is 0 Å². The molecular weight excluding hydrogens is 288 g/mol. The van der Waals surface area contributed by atoms with Gasteiger partial charge in [0, 0.05) is 30.7 Å². The van der Waals surface area contributed by atoms with Gasteiger partial charge in [-0.3, -0.25) is 4.90 Å². The van der Waals surface area contributed by atoms with Crippen LogP contribution in [0.3, 0.4) is 0 Å². The molecule has 1 N–H and O–H groups in total. The molecule has 2 nitrogen and oxygen atoms in total. The summed E-state index contributed by atoms with van der Waals surface area (Å²) in [6.45, 7) is 9.16. The Kier molecular flexibility index (Phi) is 4.82. The zero-order valence-electron chi connectivity index (χ0n) is 11.5. The first kappa shape index (κ1) is 14.0. The Labute approximate surface area is 119 Å². The molecule has 2 rings (SSSR count). The first-order valence-electron chi connectivity index (χ1n) is 6.74. The van der Waals surface area contributed by atoms with E-state index >= 15 is 0 Å². The van der Waals surface area contributed by atoms with Gasteiger partial charge >= 0.3 is 0 Å². The summed E-state index contributed by atoms with van der Waals surface area (Å²) in [5.41, 5.74) is 2.73. The first-order chi connectivity index (χ1) is 8.60. The van der Waals surface area contributed by atoms with Crippen molar-refractivity contribution in [3.63, 3.8) is 0 Å². The van der Waals surface area contributed by atoms with E-state index in [0.717, 1.165) is 24.9 Å². The van der Waals surface area contributed by atoms with Crippen molar-refractivity contribution in [3.8, 4) is 0 Å². The Morgan fingerprint density at radius 3 is 2.50 bits per heavy atom. The van der Waals surface area contributed by atoms with E-state index in [1.54, 1.807) is 0 Å². The van der Waals surface area contributed by atoms with Gasteiger partial charge in [0.2, 0.25) is 0 Å². The molecule has 2 atom stereocenters. The highest BCUT2D eigenvalue weighted by atomic mass is 79.9. The zero-order valence-corrected chi connectivity index (χ0v) is 13.1. The number of likely N-dealkylation sites (tertiary alicyclic amines) is 1. The molecule has 1 aromatic rings. The second kappa shape index (κ2) is 6.18. The summed E-state index contributed by atoms with van der Waals surface area (Å²) < 4.78 is 1.24. The van der Waals surface area contributed by atoms with Crippen molar-refractivity contribution >= 4 is 15.9 Å². The molecule has 1 aliphatic heterocycles. The largest absolute Gasteiger partial charge is 0.316 e. The van der Waals surface area contributed by atoms with Gasteiger partial charge < -0.3 is 5.32 Å². The van der Waals surface area contributed by atoms with E-state index in [-0.39, 0.29) is 0 Å². The predicted molar refractivity (Wildman–Crippen MR) is 80.5 cm³/mol. The summed E-state index contributed by atoms with van der Waals surface area (Å²) >= 11 is 3.70. The monoisotopic (exact) mass is 310 g/mol. The molecule has 0 amide bonds. The number of nitrogens with zero attached hydrogens (tertiary/aromatic N) is 1. The fourth-order valence-corrected chi connectivity index (χ4v) is 3.20. The van der Waals surface area contributed by atoms with Gasteiger partial charge in [-0.15, -0.1) is 0 Å². The van der Waals surface area contributed by atoms with Gasteiger partial charge in [-0.1, -0.05) is 41.9 Å². The number of nitrogens with one attached hydrogen (secondary N) is 1. The first-order valence-corrected chi connectivity index (χ1v) is 7.53. The van der Waals surface area contributed by atoms with Gasteiger partial charge in [0.25, 0.3) is 0 Å². The van der Waals surface area contributed by atoms with Gasteiger partial charge in [0.15, 0.2) is 0 Å². The normalized spacial score (nSPS) is 24.7. The van der Waals surface area contributed by atoms with Crippen LogP contribution < -0.4 is 5.32 Å². The molecule has 0 aliphatic carbocycles. The molecule has 0 saturated carbocycles. The molecule has 1 fully saturated rings. The van der Waals surface area contributed by atoms with Crippen LogP contribution in [-0.2, 0) is 13.1 Å². The Bertz CT molecular complexity index is 395. The minimum atomic E-state index is 0.826. The lowest BCUT2D eigenvalue weighted by molar-refractivity contribution is 0.315. The maximum atomic E-state index is 3.70. The summed E-state index contributed by atoms with van der Waals surface area (Å²) in [5, 5.41) is 3.18. The van der Waals surface area contributed by atoms with E-state index in [4.69, 9.17) is 0 Å². The molecule has 1 heterocycles. The molecular formula is C15H23BrN2. The Morgan fingerprint density at radius 2 is 1.94 bits per heavy atom. The molecule has 1 saturated heterocycles. The van der Waals surface area contributed by atoms with E-state index < -0.39 is 0 Å². The lowest BCUT2D eigenvalue weighted by Crippen LogP contribution is -2.20. The molecule has 0 spiro atoms. The smallest absolute Gasteiger partial charge is 0.0245 e. The standard InChI is InChI=1S/C15H23BrN2/c1-11-8-18(9-12(11)2)10-14-5-4-13(7-17-3)6-15(14)16/h4-6,11-12,17H,7-10H2,1-3H3. The fraction of sp³-hybridized carbons (Fsp3) is 0.600. The Morgan fingerprint density at radius 1 is 1.28 bits per heavy atom. The summed E-state index contributed by atoms with van der Waals surface area (Å²) in [4.78, 5) is 2.56. The van der Waals surface area contributed by atoms with Gasteiger partial charge in [0.05, 0.1) is 0 Å². The van der Waals surface area contributed by atoms with Gasteiger partial charge in [-0.05, 0) is 36.1 Å². The third-order valence-corrected chi connectivity index (χ3v) is 4.69. The second-order valence-corrected chi connectivity index (χ2v) is 6.46. The molecule has 0 radical (unpaired) electrons. The fourth-order valence-electron chi connectivity index (χ4n) is 2.65. The van der Waals surface area contributed by atoms with Crippen LogP contribution in [0.5, 0.6) is 0 Å². The Balaban J connectivity index is 2.01. The third-order valence-electron chi connectivity index (χ3n) is 3.96. The van der Waals surface area contributed by atoms with Crippen LogP contribution in [0.15, 0.2) is 22.7 Å². The Hall–Kier alpha value is -0.380. The van der Waals surface area contributed by atoms with Crippen molar-refractivity contribution in [1.82, 2.24) is 10.2 Å². The molecule has 2 unspecified atom stereocenters. The molecule has 1 aliphatic rings. The number of hydrogen-bond acceptors (Lipinski definition) is 2. The minimum Gasteiger partial charge on any atom is -0.316 e. The summed E-state index contributed by atoms with van der Waals surface area (Å²) in [5.74, 6) is 1.65. The SMILES string of the molecule is CNCc1ccc(CN2CC(C)C(C)C2)c(Br)c1. The average Bonchev–Trinajstić information content (AvgIpc) is 2.62. The number of halogens is 1. The van der Waals surface area contributed by atoms with Crippen molar-refractivity contribution < 1.29 is 0 Å². The van der Waals surface area contributed by atoms with E-state index in [1.807, 2.05) is 7.05 Å². The van der Waals surface area contributed by atoms with Crippen LogP contribution >= 0.6 is 15.9 Å². The molecule has 1 aromatic carbocycles. The van der Waals surface area contributed by atoms with Gasteiger partial charge in [-0.2, -0.15) is 0 Å². The maximum Gasteiger partial charge on any atom is 0.0245 e. The lowest BCUT2D eigenvalue weighted by Gasteiger charge is -2.17. The van der Waals surface area contributed by atoms with E-state index in [2.05, 4.69) is 58.2 Å². The molecule has 100 valence electrons. The number of hydrogen-bond donors (Lipinski definition) is 1. The molecule has 3 heteroatoms. The highest BCUT2D eigenvalue weighted by molar-refractivity contribution is 9.10. The van der Waals surface area contributed by atoms with Crippen molar-refractivity contribution in [2.24, 2.45) is 11.8 Å². The number of benzene rings is 1. The van der Waals surface area contributed by atoms with Crippen molar-refractivity contribution in [2.75, 3.05) is 20.1 Å². The summed E-state index contributed by atoms with van der Waals surface area (Å²) in [7, 11) is 1.98. The van der Waals surface area contributed by atoms with Crippen molar-refractivity contribution in [3.05, 3.63) is 33.8 Å². The zero-order chi connectivity index (χ0) is 13.1. The van der Waals surface area contributed by atoms with Crippen LogP contribution in [0.25, 0.3) is 0 Å². The second-order valence-electron chi connectivity index (χ2n) is 5.60. The van der Waals surface area contributed by atoms with Crippen LogP contribution in [0.2, 0.25) is 0 Å². The summed E-state index contributed by atoms with van der Waals surface area (Å²) in [6.07, 6.45) is 0. The van der Waals surface area contributed by atoms with E-state index in [1.165, 1.54) is 28.7 Å². The summed E-state index contributed by atoms with van der Waals surface area (Å²) in [6, 6.07) is 6.71. The minimum absolute atomic E-state index is 0.826. The van der Waals surface area contributed by atoms with Crippen LogP contribution in [0, 0.1) is 11.8 Å². The van der Waals surface area contributed by atoms with E-state index in [0.29, 0.717) is 0 Å². The maximum absolute atomic E-state index is 3.70. The van der Waals surface area contributed by atoms with Crippen LogP contribution in [-0.4, -0.2) is 25.0 Å². The van der Waals surface area contributed by atoms with Crippen molar-refractivity contribution in [2.45, 2.75) is 26.9 Å². The molecule has 18 heavy (non-hydrogen) atoms. The average molecular weight is 311 g/mol. The van der Waals surface area contributed by atoms with Crippen LogP contribution in [0.1, 0.15) is 25.0 Å². The molecule has 0 bridgehead atoms. The molecule has 0 aromatic heterocycles. The predicted octanol–water partition coefficient (Wildman–Crippen LogP) is 3.26. The quantitative estimate of drug-likeness (QED) is 0.918. The topological polar surface area (TPSA) is 15.3 Å². The number of rotatable bonds is 4. The highest BCUT2D eigenvalue weighted by Crippen LogP contribution is 2.26. The van der Waals surface area contributed by atoms with Crippen LogP contribution in [0.4, 0.5) is 0 Å².